The lowest BCUT2D eigenvalue weighted by Gasteiger charge is -2.16. The highest BCUT2D eigenvalue weighted by atomic mass is 79.9. The molecular formula is C10H10BrF4N. The number of rotatable bonds is 2. The molecule has 1 aromatic carbocycles. The van der Waals surface area contributed by atoms with Gasteiger partial charge in [-0.1, -0.05) is 15.9 Å². The lowest BCUT2D eigenvalue weighted by Crippen LogP contribution is -2.21. The van der Waals surface area contributed by atoms with E-state index in [9.17, 15) is 17.6 Å². The molecular weight excluding hydrogens is 290 g/mol. The molecule has 0 bridgehead atoms. The van der Waals surface area contributed by atoms with Crippen molar-refractivity contribution in [1.29, 1.82) is 0 Å². The van der Waals surface area contributed by atoms with Gasteiger partial charge in [-0.3, -0.25) is 0 Å². The zero-order valence-electron chi connectivity index (χ0n) is 8.41. The molecule has 0 saturated carbocycles. The van der Waals surface area contributed by atoms with E-state index in [-0.39, 0.29) is 11.1 Å². The van der Waals surface area contributed by atoms with Gasteiger partial charge in [-0.05, 0) is 24.6 Å². The normalized spacial score (nSPS) is 13.9. The Morgan fingerprint density at radius 3 is 2.44 bits per heavy atom. The molecule has 0 heterocycles. The molecule has 0 aliphatic carbocycles. The molecule has 16 heavy (non-hydrogen) atoms. The maximum atomic E-state index is 13.5. The topological polar surface area (TPSA) is 26.0 Å². The predicted octanol–water partition coefficient (Wildman–Crippen LogP) is 3.85. The summed E-state index contributed by atoms with van der Waals surface area (Å²) in [6, 6.07) is 1.38. The Labute approximate surface area is 98.8 Å². The van der Waals surface area contributed by atoms with E-state index in [4.69, 9.17) is 5.73 Å². The molecule has 2 N–H and O–H groups in total. The number of alkyl halides is 3. The van der Waals surface area contributed by atoms with Gasteiger partial charge in [0.15, 0.2) is 0 Å². The van der Waals surface area contributed by atoms with E-state index in [2.05, 4.69) is 15.9 Å². The smallest absolute Gasteiger partial charge is 0.324 e. The summed E-state index contributed by atoms with van der Waals surface area (Å²) < 4.78 is 50.4. The number of aryl methyl sites for hydroxylation is 1. The first-order valence-corrected chi connectivity index (χ1v) is 5.28. The van der Waals surface area contributed by atoms with Gasteiger partial charge in [0.1, 0.15) is 5.82 Å². The van der Waals surface area contributed by atoms with Crippen LogP contribution in [0.15, 0.2) is 16.6 Å². The third-order valence-corrected chi connectivity index (χ3v) is 2.56. The second-order valence-electron chi connectivity index (χ2n) is 3.55. The summed E-state index contributed by atoms with van der Waals surface area (Å²) >= 11 is 3.09. The molecule has 0 saturated heterocycles. The third-order valence-electron chi connectivity index (χ3n) is 2.10. The minimum Gasteiger partial charge on any atom is -0.324 e. The fraction of sp³-hybridized carbons (Fsp3) is 0.400. The molecule has 0 aromatic heterocycles. The van der Waals surface area contributed by atoms with Crippen LogP contribution in [0.2, 0.25) is 0 Å². The van der Waals surface area contributed by atoms with Crippen LogP contribution in [0, 0.1) is 12.7 Å². The molecule has 6 heteroatoms. The van der Waals surface area contributed by atoms with Gasteiger partial charge in [0, 0.05) is 16.1 Å². The molecule has 1 aromatic rings. The summed E-state index contributed by atoms with van der Waals surface area (Å²) in [6.45, 7) is 1.48. The van der Waals surface area contributed by atoms with Crippen LogP contribution in [0.5, 0.6) is 0 Å². The van der Waals surface area contributed by atoms with Crippen LogP contribution in [-0.2, 0) is 0 Å². The molecule has 0 aliphatic heterocycles. The zero-order valence-corrected chi connectivity index (χ0v) is 9.99. The average Bonchev–Trinajstić information content (AvgIpc) is 2.08. The van der Waals surface area contributed by atoms with Gasteiger partial charge in [-0.15, -0.1) is 0 Å². The van der Waals surface area contributed by atoms with Gasteiger partial charge >= 0.3 is 6.18 Å². The summed E-state index contributed by atoms with van der Waals surface area (Å²) in [5, 5.41) is 0. The number of nitrogens with two attached hydrogens (primary N) is 1. The highest BCUT2D eigenvalue weighted by Gasteiger charge is 2.32. The van der Waals surface area contributed by atoms with E-state index in [0.717, 1.165) is 0 Å². The molecule has 0 radical (unpaired) electrons. The molecule has 1 nitrogen and oxygen atoms in total. The first-order chi connectivity index (χ1) is 7.20. The molecule has 0 fully saturated rings. The molecule has 90 valence electrons. The van der Waals surface area contributed by atoms with Gasteiger partial charge < -0.3 is 5.73 Å². The second kappa shape index (κ2) is 4.71. The standard InChI is InChI=1S/C10H10BrF4N/c1-5-2-6(11)3-7(9(5)12)8(16)4-10(13,14)15/h2-3,8H,4,16H2,1H3/t8-/m0/s1. The molecule has 0 aliphatic rings. The quantitative estimate of drug-likeness (QED) is 0.825. The van der Waals surface area contributed by atoms with Crippen LogP contribution in [-0.4, -0.2) is 6.18 Å². The minimum atomic E-state index is -4.40. The summed E-state index contributed by atoms with van der Waals surface area (Å²) in [6.07, 6.45) is -5.64. The van der Waals surface area contributed by atoms with E-state index in [1.807, 2.05) is 0 Å². The van der Waals surface area contributed by atoms with Gasteiger partial charge in [0.05, 0.1) is 6.42 Å². The van der Waals surface area contributed by atoms with Gasteiger partial charge in [-0.2, -0.15) is 13.2 Å². The van der Waals surface area contributed by atoms with Crippen molar-refractivity contribution in [2.75, 3.05) is 0 Å². The Bertz CT molecular complexity index is 389. The fourth-order valence-electron chi connectivity index (χ4n) is 1.38. The summed E-state index contributed by atoms with van der Waals surface area (Å²) in [5.74, 6) is -0.681. The Hall–Kier alpha value is -0.620. The number of halogens is 5. The molecule has 0 unspecified atom stereocenters. The van der Waals surface area contributed by atoms with E-state index in [1.54, 1.807) is 0 Å². The molecule has 0 amide bonds. The lowest BCUT2D eigenvalue weighted by molar-refractivity contribution is -0.138. The minimum absolute atomic E-state index is 0.121. The summed E-state index contributed by atoms with van der Waals surface area (Å²) in [7, 11) is 0. The first kappa shape index (κ1) is 13.4. The lowest BCUT2D eigenvalue weighted by atomic mass is 10.0. The van der Waals surface area contributed by atoms with Gasteiger partial charge in [-0.25, -0.2) is 4.39 Å². The summed E-state index contributed by atoms with van der Waals surface area (Å²) in [4.78, 5) is 0. The van der Waals surface area contributed by atoms with Crippen LogP contribution >= 0.6 is 15.9 Å². The number of hydrogen-bond acceptors (Lipinski definition) is 1. The number of hydrogen-bond donors (Lipinski definition) is 1. The predicted molar refractivity (Wildman–Crippen MR) is 56.4 cm³/mol. The Balaban J connectivity index is 3.04. The largest absolute Gasteiger partial charge is 0.390 e. The van der Waals surface area contributed by atoms with Crippen LogP contribution in [0.3, 0.4) is 0 Å². The van der Waals surface area contributed by atoms with Crippen LogP contribution in [0.25, 0.3) is 0 Å². The number of benzene rings is 1. The Morgan fingerprint density at radius 2 is 1.94 bits per heavy atom. The van der Waals surface area contributed by atoms with Crippen molar-refractivity contribution in [1.82, 2.24) is 0 Å². The van der Waals surface area contributed by atoms with Crippen molar-refractivity contribution >= 4 is 15.9 Å². The first-order valence-electron chi connectivity index (χ1n) is 4.48. The van der Waals surface area contributed by atoms with Crippen molar-refractivity contribution in [2.24, 2.45) is 5.73 Å². The Kier molecular flexibility index (Phi) is 3.96. The zero-order chi connectivity index (χ0) is 12.5. The van der Waals surface area contributed by atoms with E-state index < -0.39 is 24.5 Å². The summed E-state index contributed by atoms with van der Waals surface area (Å²) in [5.41, 5.74) is 5.48. The Morgan fingerprint density at radius 1 is 1.38 bits per heavy atom. The maximum Gasteiger partial charge on any atom is 0.390 e. The third kappa shape index (κ3) is 3.45. The van der Waals surface area contributed by atoms with Crippen LogP contribution in [0.4, 0.5) is 17.6 Å². The SMILES string of the molecule is Cc1cc(Br)cc([C@@H](N)CC(F)(F)F)c1F. The van der Waals surface area contributed by atoms with E-state index in [0.29, 0.717) is 4.47 Å². The van der Waals surface area contributed by atoms with Crippen LogP contribution in [0.1, 0.15) is 23.6 Å². The molecule has 0 spiro atoms. The maximum absolute atomic E-state index is 13.5. The fourth-order valence-corrected chi connectivity index (χ4v) is 1.97. The van der Waals surface area contributed by atoms with Crippen molar-refractivity contribution in [3.8, 4) is 0 Å². The van der Waals surface area contributed by atoms with Gasteiger partial charge in [0.2, 0.25) is 0 Å². The van der Waals surface area contributed by atoms with Crippen molar-refractivity contribution in [2.45, 2.75) is 25.6 Å². The average molecular weight is 300 g/mol. The monoisotopic (exact) mass is 299 g/mol. The molecule has 1 rings (SSSR count). The van der Waals surface area contributed by atoms with Crippen molar-refractivity contribution in [3.05, 3.63) is 33.5 Å². The molecule has 1 atom stereocenters. The van der Waals surface area contributed by atoms with Crippen molar-refractivity contribution < 1.29 is 17.6 Å². The van der Waals surface area contributed by atoms with Crippen molar-refractivity contribution in [3.63, 3.8) is 0 Å². The van der Waals surface area contributed by atoms with Gasteiger partial charge in [0.25, 0.3) is 0 Å². The second-order valence-corrected chi connectivity index (χ2v) is 4.47. The highest BCUT2D eigenvalue weighted by molar-refractivity contribution is 9.10. The highest BCUT2D eigenvalue weighted by Crippen LogP contribution is 2.31. The van der Waals surface area contributed by atoms with E-state index >= 15 is 0 Å². The van der Waals surface area contributed by atoms with E-state index in [1.165, 1.54) is 19.1 Å². The van der Waals surface area contributed by atoms with Crippen LogP contribution < -0.4 is 5.73 Å².